The van der Waals surface area contributed by atoms with Crippen LogP contribution >= 0.6 is 0 Å². The molecule has 1 rings (SSSR count). The van der Waals surface area contributed by atoms with Gasteiger partial charge in [-0.15, -0.1) is 5.84 Å². The molecule has 0 aliphatic heterocycles. The van der Waals surface area contributed by atoms with Crippen molar-refractivity contribution in [2.45, 2.75) is 0 Å². The van der Waals surface area contributed by atoms with Gasteiger partial charge in [-0.05, 0) is 0 Å². The first-order valence-corrected chi connectivity index (χ1v) is 3.31. The third-order valence-electron chi connectivity index (χ3n) is 1.49. The van der Waals surface area contributed by atoms with Gasteiger partial charge in [0.25, 0.3) is 0 Å². The molecule has 7 N–H and O–H groups in total. The Hall–Kier alpha value is -1.02. The molecule has 66 valence electrons. The van der Waals surface area contributed by atoms with Crippen LogP contribution < -0.4 is 22.4 Å². The minimum absolute atomic E-state index is 0.377. The van der Waals surface area contributed by atoms with Crippen LogP contribution in [0.25, 0.3) is 0 Å². The molecule has 0 amide bonds. The van der Waals surface area contributed by atoms with Gasteiger partial charge < -0.3 is 0 Å². The van der Waals surface area contributed by atoms with Gasteiger partial charge in [-0.2, -0.15) is 5.21 Å². The Labute approximate surface area is 69.8 Å². The van der Waals surface area contributed by atoms with Crippen LogP contribution in [0.15, 0.2) is 30.3 Å². The largest absolute Gasteiger partial charge is 0.209 e. The molecule has 0 aliphatic rings. The fourth-order valence-corrected chi connectivity index (χ4v) is 0.781. The third kappa shape index (κ3) is 1.59. The number of benzene rings is 1. The van der Waals surface area contributed by atoms with Crippen LogP contribution in [0.3, 0.4) is 0 Å². The fraction of sp³-hybridized carbons (Fsp3) is 0. The SMILES string of the molecule is NN(N)[N+](N)(O)c1ccccc1. The van der Waals surface area contributed by atoms with Crippen LogP contribution in [-0.4, -0.2) is 10.4 Å². The van der Waals surface area contributed by atoms with Crippen LogP contribution in [-0.2, 0) is 0 Å². The molecule has 0 saturated heterocycles. The van der Waals surface area contributed by atoms with Crippen LogP contribution in [0.1, 0.15) is 0 Å². The lowest BCUT2D eigenvalue weighted by Gasteiger charge is -2.25. The van der Waals surface area contributed by atoms with Gasteiger partial charge >= 0.3 is 0 Å². The van der Waals surface area contributed by atoms with Gasteiger partial charge in [0.15, 0.2) is 0 Å². The molecule has 0 bridgehead atoms. The zero-order chi connectivity index (χ0) is 9.19. The maximum absolute atomic E-state index is 9.45. The second-order valence-electron chi connectivity index (χ2n) is 2.37. The summed E-state index contributed by atoms with van der Waals surface area (Å²) in [5, 5.41) is 9.95. The highest BCUT2D eigenvalue weighted by Gasteiger charge is 2.29. The van der Waals surface area contributed by atoms with Crippen molar-refractivity contribution in [3.63, 3.8) is 0 Å². The van der Waals surface area contributed by atoms with Gasteiger partial charge in [0.05, 0.1) is 0 Å². The quantitative estimate of drug-likeness (QED) is 0.265. The monoisotopic (exact) mass is 170 g/mol. The number of hydrogen-bond acceptors (Lipinski definition) is 5. The standard InChI is InChI=1S/C6H12N5O/c7-10(8)11(9,12)6-4-2-1-3-5-6/h1-5,12H,7-9H2/q+1. The van der Waals surface area contributed by atoms with Crippen molar-refractivity contribution in [1.29, 1.82) is 0 Å². The summed E-state index contributed by atoms with van der Waals surface area (Å²) >= 11 is 0. The summed E-state index contributed by atoms with van der Waals surface area (Å²) in [4.78, 5) is -1.17. The number of nitrogens with two attached hydrogens (primary N) is 3. The summed E-state index contributed by atoms with van der Waals surface area (Å²) in [6.07, 6.45) is 0. The highest BCUT2D eigenvalue weighted by molar-refractivity contribution is 5.37. The first-order chi connectivity index (χ1) is 5.55. The molecule has 0 fully saturated rings. The summed E-state index contributed by atoms with van der Waals surface area (Å²) in [7, 11) is 0. The van der Waals surface area contributed by atoms with E-state index >= 15 is 0 Å². The molecule has 6 nitrogen and oxygen atoms in total. The van der Waals surface area contributed by atoms with Crippen molar-refractivity contribution in [3.05, 3.63) is 30.3 Å². The number of hydrazine groups is 2. The van der Waals surface area contributed by atoms with Crippen LogP contribution in [0.5, 0.6) is 0 Å². The molecular weight excluding hydrogens is 158 g/mol. The van der Waals surface area contributed by atoms with E-state index in [-0.39, 0.29) is 0 Å². The molecule has 0 radical (unpaired) electrons. The average molecular weight is 170 g/mol. The maximum Gasteiger partial charge on any atom is 0.209 e. The number of nitrogens with zero attached hydrogens (tertiary/aromatic N) is 2. The zero-order valence-corrected chi connectivity index (χ0v) is 6.46. The number of hydrogen-bond donors (Lipinski definition) is 4. The van der Waals surface area contributed by atoms with E-state index in [2.05, 4.69) is 0 Å². The maximum atomic E-state index is 9.45. The number of rotatable bonds is 2. The smallest absolute Gasteiger partial charge is 0.203 e. The molecule has 1 atom stereocenters. The summed E-state index contributed by atoms with van der Waals surface area (Å²) in [6, 6.07) is 8.43. The lowest BCUT2D eigenvalue weighted by molar-refractivity contribution is -0.240. The van der Waals surface area contributed by atoms with Crippen molar-refractivity contribution in [2.24, 2.45) is 17.5 Å². The van der Waals surface area contributed by atoms with Gasteiger partial charge in [0, 0.05) is 22.2 Å². The zero-order valence-electron chi connectivity index (χ0n) is 6.46. The molecule has 12 heavy (non-hydrogen) atoms. The average Bonchev–Trinajstić information content (AvgIpc) is 2.06. The predicted octanol–water partition coefficient (Wildman–Crippen LogP) is -0.779. The number of quaternary nitrogens is 1. The van der Waals surface area contributed by atoms with Crippen LogP contribution in [0.2, 0.25) is 0 Å². The minimum Gasteiger partial charge on any atom is -0.203 e. The Morgan fingerprint density at radius 1 is 1.17 bits per heavy atom. The first-order valence-electron chi connectivity index (χ1n) is 3.31. The minimum atomic E-state index is -1.17. The highest BCUT2D eigenvalue weighted by Crippen LogP contribution is 2.14. The van der Waals surface area contributed by atoms with E-state index in [1.165, 1.54) is 0 Å². The normalized spacial score (nSPS) is 16.1. The van der Waals surface area contributed by atoms with E-state index in [4.69, 9.17) is 17.5 Å². The van der Waals surface area contributed by atoms with E-state index in [0.29, 0.717) is 10.9 Å². The second kappa shape index (κ2) is 3.15. The third-order valence-corrected chi connectivity index (χ3v) is 1.49. The molecule has 0 aliphatic carbocycles. The lowest BCUT2D eigenvalue weighted by Crippen LogP contribution is -2.70. The van der Waals surface area contributed by atoms with E-state index in [9.17, 15) is 5.21 Å². The Kier molecular flexibility index (Phi) is 2.38. The topological polar surface area (TPSA) is 102 Å². The Morgan fingerprint density at radius 3 is 2.08 bits per heavy atom. The summed E-state index contributed by atoms with van der Waals surface area (Å²) in [6.45, 7) is 0. The summed E-state index contributed by atoms with van der Waals surface area (Å²) in [5.74, 6) is 15.6. The van der Waals surface area contributed by atoms with E-state index in [1.54, 1.807) is 30.3 Å². The van der Waals surface area contributed by atoms with Crippen molar-refractivity contribution < 1.29 is 5.21 Å². The van der Waals surface area contributed by atoms with E-state index < -0.39 is 4.86 Å². The Bertz CT molecular complexity index is 247. The van der Waals surface area contributed by atoms with Crippen molar-refractivity contribution in [3.8, 4) is 0 Å². The van der Waals surface area contributed by atoms with E-state index in [1.807, 2.05) is 0 Å². The van der Waals surface area contributed by atoms with Crippen molar-refractivity contribution >= 4 is 5.69 Å². The van der Waals surface area contributed by atoms with Crippen LogP contribution in [0.4, 0.5) is 5.69 Å². The second-order valence-corrected chi connectivity index (χ2v) is 2.37. The molecule has 1 aromatic rings. The van der Waals surface area contributed by atoms with Crippen molar-refractivity contribution in [2.75, 3.05) is 0 Å². The molecule has 0 saturated carbocycles. The fourth-order valence-electron chi connectivity index (χ4n) is 0.781. The van der Waals surface area contributed by atoms with Gasteiger partial charge in [-0.25, -0.2) is 11.7 Å². The predicted molar refractivity (Wildman–Crippen MR) is 44.4 cm³/mol. The molecule has 0 aromatic heterocycles. The van der Waals surface area contributed by atoms with Crippen LogP contribution in [0, 0.1) is 0 Å². The number of para-hydroxylation sites is 1. The molecule has 0 spiro atoms. The van der Waals surface area contributed by atoms with E-state index in [0.717, 1.165) is 0 Å². The van der Waals surface area contributed by atoms with Gasteiger partial charge in [-0.1, -0.05) is 18.2 Å². The first kappa shape index (κ1) is 9.07. The Morgan fingerprint density at radius 2 is 1.67 bits per heavy atom. The summed E-state index contributed by atoms with van der Waals surface area (Å²) in [5.41, 5.74) is 0.377. The highest BCUT2D eigenvalue weighted by atomic mass is 16.7. The molecule has 1 unspecified atom stereocenters. The molecule has 0 heterocycles. The van der Waals surface area contributed by atoms with Gasteiger partial charge in [0.1, 0.15) is 0 Å². The Balaban J connectivity index is 2.98. The summed E-state index contributed by atoms with van der Waals surface area (Å²) < 4.78 is 0. The molecule has 6 heteroatoms. The molecular formula is C6H12N5O+. The van der Waals surface area contributed by atoms with Gasteiger partial charge in [0.2, 0.25) is 5.69 Å². The molecule has 1 aromatic carbocycles. The van der Waals surface area contributed by atoms with Gasteiger partial charge in [-0.3, -0.25) is 0 Å². The lowest BCUT2D eigenvalue weighted by atomic mass is 10.3. The van der Waals surface area contributed by atoms with Crippen molar-refractivity contribution in [1.82, 2.24) is 10.1 Å².